The van der Waals surface area contributed by atoms with Crippen LogP contribution in [0.15, 0.2) is 24.3 Å². The number of cyclic esters (lactones) is 1. The minimum atomic E-state index is -0.603. The Morgan fingerprint density at radius 3 is 3.00 bits per heavy atom. The molecule has 1 aliphatic rings. The number of rotatable bonds is 1. The first-order valence-corrected chi connectivity index (χ1v) is 5.15. The maximum atomic E-state index is 11.6. The molecule has 1 heterocycles. The van der Waals surface area contributed by atoms with Gasteiger partial charge in [-0.2, -0.15) is 5.26 Å². The molecule has 1 unspecified atom stereocenters. The highest BCUT2D eigenvalue weighted by molar-refractivity contribution is 5.88. The highest BCUT2D eigenvalue weighted by Crippen LogP contribution is 2.21. The van der Waals surface area contributed by atoms with E-state index in [1.807, 2.05) is 37.3 Å². The summed E-state index contributed by atoms with van der Waals surface area (Å²) in [6.45, 7) is 2.50. The topological polar surface area (TPSA) is 53.3 Å². The van der Waals surface area contributed by atoms with Crippen LogP contribution in [0.3, 0.4) is 0 Å². The molecular formula is C12H12N2O2. The lowest BCUT2D eigenvalue weighted by atomic mass is 10.2. The van der Waals surface area contributed by atoms with Crippen molar-refractivity contribution in [3.8, 4) is 6.07 Å². The van der Waals surface area contributed by atoms with Crippen molar-refractivity contribution < 1.29 is 9.53 Å². The van der Waals surface area contributed by atoms with Gasteiger partial charge in [0.25, 0.3) is 0 Å². The van der Waals surface area contributed by atoms with Crippen LogP contribution in [0.5, 0.6) is 0 Å². The van der Waals surface area contributed by atoms with E-state index in [9.17, 15) is 4.79 Å². The van der Waals surface area contributed by atoms with Crippen molar-refractivity contribution in [3.63, 3.8) is 0 Å². The molecule has 1 aromatic rings. The third-order valence-corrected chi connectivity index (χ3v) is 2.54. The van der Waals surface area contributed by atoms with E-state index in [1.54, 1.807) is 4.90 Å². The van der Waals surface area contributed by atoms with Gasteiger partial charge in [0, 0.05) is 18.7 Å². The molecule has 82 valence electrons. The molecule has 0 bridgehead atoms. The van der Waals surface area contributed by atoms with E-state index >= 15 is 0 Å². The Balaban J connectivity index is 2.18. The van der Waals surface area contributed by atoms with Gasteiger partial charge in [-0.25, -0.2) is 4.79 Å². The summed E-state index contributed by atoms with van der Waals surface area (Å²) in [6, 6.07) is 9.60. The van der Waals surface area contributed by atoms with Crippen LogP contribution in [0.25, 0.3) is 0 Å². The van der Waals surface area contributed by atoms with Gasteiger partial charge in [0.2, 0.25) is 0 Å². The molecule has 0 saturated carbocycles. The number of carbonyl (C=O) groups excluding carboxylic acids is 1. The van der Waals surface area contributed by atoms with E-state index in [4.69, 9.17) is 10.00 Å². The maximum absolute atomic E-state index is 11.6. The Kier molecular flexibility index (Phi) is 2.78. The second kappa shape index (κ2) is 4.23. The molecule has 1 amide bonds. The van der Waals surface area contributed by atoms with E-state index in [2.05, 4.69) is 0 Å². The minimum Gasteiger partial charge on any atom is -0.430 e. The van der Waals surface area contributed by atoms with Crippen LogP contribution in [0.1, 0.15) is 12.0 Å². The van der Waals surface area contributed by atoms with Crippen LogP contribution in [-0.4, -0.2) is 18.7 Å². The maximum Gasteiger partial charge on any atom is 0.415 e. The monoisotopic (exact) mass is 216 g/mol. The molecule has 1 fully saturated rings. The molecule has 0 radical (unpaired) electrons. The Bertz CT molecular complexity index is 451. The summed E-state index contributed by atoms with van der Waals surface area (Å²) in [7, 11) is 0. The Labute approximate surface area is 94.0 Å². The van der Waals surface area contributed by atoms with E-state index < -0.39 is 12.2 Å². The Morgan fingerprint density at radius 2 is 2.38 bits per heavy atom. The van der Waals surface area contributed by atoms with Crippen LogP contribution in [0.2, 0.25) is 0 Å². The number of amides is 1. The fourth-order valence-corrected chi connectivity index (χ4v) is 1.70. The molecular weight excluding hydrogens is 204 g/mol. The number of benzene rings is 1. The van der Waals surface area contributed by atoms with Gasteiger partial charge >= 0.3 is 6.09 Å². The second-order valence-corrected chi connectivity index (χ2v) is 3.78. The van der Waals surface area contributed by atoms with Crippen LogP contribution in [0.4, 0.5) is 10.5 Å². The van der Waals surface area contributed by atoms with Gasteiger partial charge in [-0.05, 0) is 24.6 Å². The fraction of sp³-hybridized carbons (Fsp3) is 0.333. The summed E-state index contributed by atoms with van der Waals surface area (Å²) in [5, 5.41) is 8.66. The molecule has 1 aliphatic heterocycles. The number of hydrogen-bond donors (Lipinski definition) is 0. The summed E-state index contributed by atoms with van der Waals surface area (Å²) < 4.78 is 4.97. The number of hydrogen-bond acceptors (Lipinski definition) is 3. The van der Waals surface area contributed by atoms with Gasteiger partial charge in [-0.15, -0.1) is 0 Å². The fourth-order valence-electron chi connectivity index (χ4n) is 1.70. The zero-order valence-corrected chi connectivity index (χ0v) is 9.01. The van der Waals surface area contributed by atoms with Crippen molar-refractivity contribution in [1.29, 1.82) is 5.26 Å². The van der Waals surface area contributed by atoms with Crippen molar-refractivity contribution in [2.24, 2.45) is 0 Å². The lowest BCUT2D eigenvalue weighted by molar-refractivity contribution is 0.111. The van der Waals surface area contributed by atoms with Crippen LogP contribution < -0.4 is 4.90 Å². The van der Waals surface area contributed by atoms with Gasteiger partial charge in [0.1, 0.15) is 6.07 Å². The van der Waals surface area contributed by atoms with Crippen molar-refractivity contribution >= 4 is 11.8 Å². The van der Waals surface area contributed by atoms with Gasteiger partial charge in [0.15, 0.2) is 6.10 Å². The summed E-state index contributed by atoms with van der Waals surface area (Å²) in [4.78, 5) is 13.2. The lowest BCUT2D eigenvalue weighted by Crippen LogP contribution is -2.41. The number of carbonyl (C=O) groups is 1. The van der Waals surface area contributed by atoms with E-state index in [1.165, 1.54) is 0 Å². The highest BCUT2D eigenvalue weighted by Gasteiger charge is 2.27. The molecule has 1 atom stereocenters. The molecule has 0 aliphatic carbocycles. The first kappa shape index (κ1) is 10.5. The first-order valence-electron chi connectivity index (χ1n) is 5.15. The normalized spacial score (nSPS) is 20.1. The third-order valence-electron chi connectivity index (χ3n) is 2.54. The third kappa shape index (κ3) is 1.98. The highest BCUT2D eigenvalue weighted by atomic mass is 16.6. The van der Waals surface area contributed by atoms with E-state index in [0.717, 1.165) is 11.3 Å². The zero-order chi connectivity index (χ0) is 11.5. The van der Waals surface area contributed by atoms with Crippen molar-refractivity contribution in [2.45, 2.75) is 19.4 Å². The average molecular weight is 216 g/mol. The van der Waals surface area contributed by atoms with Gasteiger partial charge in [-0.3, -0.25) is 4.90 Å². The van der Waals surface area contributed by atoms with Crippen molar-refractivity contribution in [1.82, 2.24) is 0 Å². The molecule has 4 nitrogen and oxygen atoms in total. The summed E-state index contributed by atoms with van der Waals surface area (Å²) in [5.74, 6) is 0. The predicted molar refractivity (Wildman–Crippen MR) is 59.0 cm³/mol. The number of aryl methyl sites for hydroxylation is 1. The first-order chi connectivity index (χ1) is 7.70. The molecule has 0 N–H and O–H groups in total. The van der Waals surface area contributed by atoms with Crippen molar-refractivity contribution in [2.75, 3.05) is 11.4 Å². The average Bonchev–Trinajstić information content (AvgIpc) is 2.28. The second-order valence-electron chi connectivity index (χ2n) is 3.78. The number of ether oxygens (including phenoxy) is 1. The summed E-state index contributed by atoms with van der Waals surface area (Å²) in [5.41, 5.74) is 1.91. The quantitative estimate of drug-likeness (QED) is 0.723. The van der Waals surface area contributed by atoms with Gasteiger partial charge < -0.3 is 4.74 Å². The van der Waals surface area contributed by atoms with E-state index in [0.29, 0.717) is 13.0 Å². The largest absolute Gasteiger partial charge is 0.430 e. The Morgan fingerprint density at radius 1 is 1.56 bits per heavy atom. The predicted octanol–water partition coefficient (Wildman–Crippen LogP) is 2.23. The molecule has 16 heavy (non-hydrogen) atoms. The molecule has 0 aromatic heterocycles. The molecule has 4 heteroatoms. The molecule has 0 spiro atoms. The van der Waals surface area contributed by atoms with Crippen LogP contribution >= 0.6 is 0 Å². The summed E-state index contributed by atoms with van der Waals surface area (Å²) in [6.07, 6.45) is -0.493. The number of anilines is 1. The number of nitrogens with zero attached hydrogens (tertiary/aromatic N) is 2. The smallest absolute Gasteiger partial charge is 0.415 e. The standard InChI is InChI=1S/C12H12N2O2/c1-9-3-2-4-10(7-9)14-6-5-11(8-13)16-12(14)15/h2-4,7,11H,5-6H2,1H3. The van der Waals surface area contributed by atoms with Crippen molar-refractivity contribution in [3.05, 3.63) is 29.8 Å². The molecule has 2 rings (SSSR count). The van der Waals surface area contributed by atoms with Gasteiger partial charge in [-0.1, -0.05) is 12.1 Å². The van der Waals surface area contributed by atoms with Crippen LogP contribution in [0, 0.1) is 18.3 Å². The Hall–Kier alpha value is -2.02. The minimum absolute atomic E-state index is 0.441. The molecule has 1 saturated heterocycles. The summed E-state index contributed by atoms with van der Waals surface area (Å²) >= 11 is 0. The van der Waals surface area contributed by atoms with E-state index in [-0.39, 0.29) is 0 Å². The molecule has 1 aromatic carbocycles. The number of nitriles is 1. The SMILES string of the molecule is Cc1cccc(N2CCC(C#N)OC2=O)c1. The lowest BCUT2D eigenvalue weighted by Gasteiger charge is -2.28. The zero-order valence-electron chi connectivity index (χ0n) is 9.01. The van der Waals surface area contributed by atoms with Gasteiger partial charge in [0.05, 0.1) is 0 Å². The van der Waals surface area contributed by atoms with Crippen LogP contribution in [-0.2, 0) is 4.74 Å².